The second-order valence-electron chi connectivity index (χ2n) is 6.20. The van der Waals surface area contributed by atoms with Crippen molar-refractivity contribution in [3.63, 3.8) is 0 Å². The second-order valence-corrected chi connectivity index (χ2v) is 7.86. The first kappa shape index (κ1) is 14.6. The van der Waals surface area contributed by atoms with Crippen molar-refractivity contribution < 1.29 is 8.42 Å². The summed E-state index contributed by atoms with van der Waals surface area (Å²) in [5.41, 5.74) is 2.09. The van der Waals surface area contributed by atoms with Crippen LogP contribution in [0, 0.1) is 18.8 Å². The molecule has 0 saturated heterocycles. The predicted molar refractivity (Wildman–Crippen MR) is 83.6 cm³/mol. The van der Waals surface area contributed by atoms with Crippen LogP contribution >= 0.6 is 0 Å². The molecule has 3 rings (SSSR count). The van der Waals surface area contributed by atoms with E-state index in [0.717, 1.165) is 36.5 Å². The molecular formula is C16H22N2O2S. The average molecular weight is 306 g/mol. The van der Waals surface area contributed by atoms with Gasteiger partial charge >= 0.3 is 0 Å². The third kappa shape index (κ3) is 3.12. The Balaban J connectivity index is 1.74. The van der Waals surface area contributed by atoms with E-state index in [2.05, 4.69) is 9.93 Å². The molecule has 4 nitrogen and oxygen atoms in total. The number of rotatable bonds is 3. The highest BCUT2D eigenvalue weighted by atomic mass is 32.2. The normalized spacial score (nSPS) is 27.6. The van der Waals surface area contributed by atoms with E-state index >= 15 is 0 Å². The maximum atomic E-state index is 12.2. The summed E-state index contributed by atoms with van der Waals surface area (Å²) in [6.07, 6.45) is 7.08. The fourth-order valence-electron chi connectivity index (χ4n) is 3.54. The molecule has 114 valence electrons. The van der Waals surface area contributed by atoms with E-state index in [1.165, 1.54) is 19.3 Å². The standard InChI is InChI=1S/C16H22N2O2S/c1-12-6-9-14(10-7-12)21(19,20)18-17-16-11-8-13-4-2-3-5-15(13)16/h6-7,9-10,13,15,18H,2-5,8,11H2,1H3/b17-16-/t13-,15-/m0/s1. The van der Waals surface area contributed by atoms with Crippen molar-refractivity contribution >= 4 is 15.7 Å². The molecular weight excluding hydrogens is 284 g/mol. The van der Waals surface area contributed by atoms with Crippen LogP contribution < -0.4 is 4.83 Å². The van der Waals surface area contributed by atoms with Crippen LogP contribution in [0.3, 0.4) is 0 Å². The summed E-state index contributed by atoms with van der Waals surface area (Å²) in [4.78, 5) is 2.70. The van der Waals surface area contributed by atoms with Crippen LogP contribution in [-0.2, 0) is 10.0 Å². The molecule has 2 fully saturated rings. The van der Waals surface area contributed by atoms with Crippen molar-refractivity contribution in [3.05, 3.63) is 29.8 Å². The van der Waals surface area contributed by atoms with Crippen LogP contribution in [0.5, 0.6) is 0 Å². The molecule has 1 aromatic carbocycles. The van der Waals surface area contributed by atoms with Gasteiger partial charge in [-0.25, -0.2) is 4.83 Å². The van der Waals surface area contributed by atoms with Crippen LogP contribution in [0.15, 0.2) is 34.3 Å². The topological polar surface area (TPSA) is 58.5 Å². The van der Waals surface area contributed by atoms with E-state index in [0.29, 0.717) is 5.92 Å². The summed E-state index contributed by atoms with van der Waals surface area (Å²) in [6, 6.07) is 6.84. The van der Waals surface area contributed by atoms with Gasteiger partial charge in [0.05, 0.1) is 4.90 Å². The van der Waals surface area contributed by atoms with E-state index < -0.39 is 10.0 Å². The molecule has 21 heavy (non-hydrogen) atoms. The van der Waals surface area contributed by atoms with Gasteiger partial charge in [-0.15, -0.1) is 0 Å². The summed E-state index contributed by atoms with van der Waals surface area (Å²) in [7, 11) is -3.54. The largest absolute Gasteiger partial charge is 0.276 e. The summed E-state index contributed by atoms with van der Waals surface area (Å²) in [5.74, 6) is 1.22. The fraction of sp³-hybridized carbons (Fsp3) is 0.562. The van der Waals surface area contributed by atoms with E-state index in [9.17, 15) is 8.42 Å². The maximum Gasteiger partial charge on any atom is 0.276 e. The Kier molecular flexibility index (Phi) is 4.02. The second kappa shape index (κ2) is 5.79. The third-order valence-corrected chi connectivity index (χ3v) is 5.97. The van der Waals surface area contributed by atoms with Crippen LogP contribution in [0.2, 0.25) is 0 Å². The van der Waals surface area contributed by atoms with Crippen molar-refractivity contribution in [2.24, 2.45) is 16.9 Å². The van der Waals surface area contributed by atoms with Crippen molar-refractivity contribution in [2.75, 3.05) is 0 Å². The molecule has 0 radical (unpaired) electrons. The van der Waals surface area contributed by atoms with Gasteiger partial charge in [0.1, 0.15) is 0 Å². The number of nitrogens with one attached hydrogen (secondary N) is 1. The number of hydrazone groups is 1. The van der Waals surface area contributed by atoms with Gasteiger partial charge in [0.25, 0.3) is 10.0 Å². The van der Waals surface area contributed by atoms with Gasteiger partial charge in [0.15, 0.2) is 0 Å². The Bertz CT molecular complexity index is 635. The molecule has 2 aliphatic carbocycles. The van der Waals surface area contributed by atoms with Gasteiger partial charge in [-0.3, -0.25) is 0 Å². The highest BCUT2D eigenvalue weighted by Crippen LogP contribution is 2.40. The zero-order valence-electron chi connectivity index (χ0n) is 12.4. The van der Waals surface area contributed by atoms with Gasteiger partial charge in [0.2, 0.25) is 0 Å². The molecule has 1 aromatic rings. The Hall–Kier alpha value is -1.36. The molecule has 1 N–H and O–H groups in total. The van der Waals surface area contributed by atoms with Crippen LogP contribution in [0.25, 0.3) is 0 Å². The zero-order valence-corrected chi connectivity index (χ0v) is 13.2. The quantitative estimate of drug-likeness (QED) is 0.872. The summed E-state index contributed by atoms with van der Waals surface area (Å²) in [6.45, 7) is 1.94. The lowest BCUT2D eigenvalue weighted by molar-refractivity contribution is 0.317. The van der Waals surface area contributed by atoms with Gasteiger partial charge in [-0.2, -0.15) is 13.5 Å². The first-order valence-electron chi connectivity index (χ1n) is 7.71. The summed E-state index contributed by atoms with van der Waals surface area (Å²) in [5, 5.41) is 4.26. The Labute approximate surface area is 126 Å². The molecule has 0 aliphatic heterocycles. The number of benzene rings is 1. The Morgan fingerprint density at radius 1 is 1.10 bits per heavy atom. The summed E-state index contributed by atoms with van der Waals surface area (Å²) < 4.78 is 24.5. The van der Waals surface area contributed by atoms with Crippen molar-refractivity contribution in [1.29, 1.82) is 0 Å². The van der Waals surface area contributed by atoms with E-state index in [1.807, 2.05) is 6.92 Å². The van der Waals surface area contributed by atoms with Gasteiger partial charge in [-0.1, -0.05) is 30.5 Å². The maximum absolute atomic E-state index is 12.2. The van der Waals surface area contributed by atoms with Crippen LogP contribution in [0.4, 0.5) is 0 Å². The molecule has 0 spiro atoms. The first-order chi connectivity index (χ1) is 10.1. The number of nitrogens with zero attached hydrogens (tertiary/aromatic N) is 1. The number of hydrogen-bond donors (Lipinski definition) is 1. The van der Waals surface area contributed by atoms with Gasteiger partial charge in [0, 0.05) is 11.6 Å². The average Bonchev–Trinajstić information content (AvgIpc) is 2.89. The lowest BCUT2D eigenvalue weighted by atomic mass is 9.81. The number of hydrogen-bond acceptors (Lipinski definition) is 3. The SMILES string of the molecule is Cc1ccc(S(=O)(=O)N/N=C2/CC[C@@H]3CCCC[C@H]23)cc1. The molecule has 0 unspecified atom stereocenters. The molecule has 0 heterocycles. The lowest BCUT2D eigenvalue weighted by Crippen LogP contribution is -2.24. The predicted octanol–water partition coefficient (Wildman–Crippen LogP) is 3.23. The Morgan fingerprint density at radius 2 is 1.81 bits per heavy atom. The zero-order chi connectivity index (χ0) is 14.9. The minimum atomic E-state index is -3.54. The third-order valence-electron chi connectivity index (χ3n) is 4.75. The first-order valence-corrected chi connectivity index (χ1v) is 9.19. The minimum absolute atomic E-state index is 0.274. The van der Waals surface area contributed by atoms with Crippen molar-refractivity contribution in [3.8, 4) is 0 Å². The van der Waals surface area contributed by atoms with Crippen LogP contribution in [0.1, 0.15) is 44.1 Å². The molecule has 0 bridgehead atoms. The molecule has 5 heteroatoms. The fourth-order valence-corrected chi connectivity index (χ4v) is 4.38. The molecule has 0 aromatic heterocycles. The summed E-state index contributed by atoms with van der Waals surface area (Å²) >= 11 is 0. The Morgan fingerprint density at radius 3 is 2.57 bits per heavy atom. The molecule has 2 atom stereocenters. The highest BCUT2D eigenvalue weighted by Gasteiger charge is 2.34. The monoisotopic (exact) mass is 306 g/mol. The molecule has 2 aliphatic rings. The minimum Gasteiger partial charge on any atom is -0.200 e. The van der Waals surface area contributed by atoms with Gasteiger partial charge in [-0.05, 0) is 50.7 Å². The van der Waals surface area contributed by atoms with E-state index in [-0.39, 0.29) is 4.90 Å². The molecule has 0 amide bonds. The van der Waals surface area contributed by atoms with Crippen molar-refractivity contribution in [1.82, 2.24) is 4.83 Å². The van der Waals surface area contributed by atoms with Crippen LogP contribution in [-0.4, -0.2) is 14.1 Å². The molecule has 2 saturated carbocycles. The van der Waals surface area contributed by atoms with E-state index in [1.54, 1.807) is 24.3 Å². The lowest BCUT2D eigenvalue weighted by Gasteiger charge is -2.24. The van der Waals surface area contributed by atoms with Gasteiger partial charge < -0.3 is 0 Å². The number of sulfonamides is 1. The van der Waals surface area contributed by atoms with E-state index in [4.69, 9.17) is 0 Å². The number of aryl methyl sites for hydroxylation is 1. The number of fused-ring (bicyclic) bond motifs is 1. The van der Waals surface area contributed by atoms with Crippen molar-refractivity contribution in [2.45, 2.75) is 50.3 Å². The smallest absolute Gasteiger partial charge is 0.200 e. The highest BCUT2D eigenvalue weighted by molar-refractivity contribution is 7.89.